The fourth-order valence-electron chi connectivity index (χ4n) is 1.60. The summed E-state index contributed by atoms with van der Waals surface area (Å²) in [6.45, 7) is 6.12. The highest BCUT2D eigenvalue weighted by Crippen LogP contribution is 2.09. The molecule has 0 heterocycles. The zero-order valence-electron chi connectivity index (χ0n) is 12.5. The highest BCUT2D eigenvalue weighted by Gasteiger charge is 2.20. The maximum atomic E-state index is 11.9. The number of hydrogen-bond acceptors (Lipinski definition) is 5. The highest BCUT2D eigenvalue weighted by molar-refractivity contribution is 5.85. The maximum absolute atomic E-state index is 11.9. The lowest BCUT2D eigenvalue weighted by atomic mass is 10.00. The van der Waals surface area contributed by atoms with E-state index in [1.807, 2.05) is 0 Å². The van der Waals surface area contributed by atoms with E-state index in [0.29, 0.717) is 19.6 Å². The van der Waals surface area contributed by atoms with E-state index in [1.54, 1.807) is 13.0 Å². The van der Waals surface area contributed by atoms with Gasteiger partial charge in [0.15, 0.2) is 0 Å². The van der Waals surface area contributed by atoms with Gasteiger partial charge in [-0.1, -0.05) is 6.08 Å². The number of amides is 2. The quantitative estimate of drug-likeness (QED) is 0.279. The zero-order valence-corrected chi connectivity index (χ0v) is 12.5. The number of hydrogen-bond donors (Lipinski definition) is 4. The lowest BCUT2D eigenvalue weighted by Gasteiger charge is -2.16. The fourth-order valence-corrected chi connectivity index (χ4v) is 1.60. The van der Waals surface area contributed by atoms with Gasteiger partial charge in [-0.05, 0) is 13.3 Å². The molecule has 0 saturated carbocycles. The summed E-state index contributed by atoms with van der Waals surface area (Å²) in [7, 11) is 0. The molecule has 7 heteroatoms. The number of rotatable bonds is 12. The zero-order chi connectivity index (χ0) is 16.1. The van der Waals surface area contributed by atoms with Gasteiger partial charge in [-0.3, -0.25) is 9.59 Å². The van der Waals surface area contributed by atoms with Crippen molar-refractivity contribution in [3.63, 3.8) is 0 Å². The van der Waals surface area contributed by atoms with Crippen molar-refractivity contribution in [1.82, 2.24) is 10.6 Å². The third-order valence-electron chi connectivity index (χ3n) is 2.63. The third-order valence-corrected chi connectivity index (χ3v) is 2.63. The monoisotopic (exact) mass is 302 g/mol. The molecule has 0 bridgehead atoms. The first-order chi connectivity index (χ1) is 10.0. The molecule has 0 aromatic heterocycles. The van der Waals surface area contributed by atoms with Crippen molar-refractivity contribution in [2.24, 2.45) is 5.92 Å². The van der Waals surface area contributed by atoms with Crippen molar-refractivity contribution in [2.45, 2.75) is 25.9 Å². The van der Waals surface area contributed by atoms with Crippen LogP contribution in [0.25, 0.3) is 0 Å². The smallest absolute Gasteiger partial charge is 0.224 e. The fraction of sp³-hybridized carbons (Fsp3) is 0.714. The second-order valence-electron chi connectivity index (χ2n) is 4.71. The van der Waals surface area contributed by atoms with Crippen LogP contribution in [0.2, 0.25) is 0 Å². The molecule has 2 unspecified atom stereocenters. The topological polar surface area (TPSA) is 108 Å². The predicted molar refractivity (Wildman–Crippen MR) is 78.5 cm³/mol. The van der Waals surface area contributed by atoms with Gasteiger partial charge in [-0.2, -0.15) is 0 Å². The first kappa shape index (κ1) is 19.6. The average molecular weight is 302 g/mol. The van der Waals surface area contributed by atoms with E-state index >= 15 is 0 Å². The number of aliphatic hydroxyl groups is 2. The van der Waals surface area contributed by atoms with Crippen molar-refractivity contribution < 1.29 is 24.5 Å². The van der Waals surface area contributed by atoms with E-state index in [0.717, 1.165) is 0 Å². The summed E-state index contributed by atoms with van der Waals surface area (Å²) < 4.78 is 5.01. The first-order valence-electron chi connectivity index (χ1n) is 7.03. The van der Waals surface area contributed by atoms with Crippen LogP contribution in [0, 0.1) is 5.92 Å². The van der Waals surface area contributed by atoms with E-state index in [4.69, 9.17) is 14.9 Å². The molecule has 0 radical (unpaired) electrons. The Morgan fingerprint density at radius 2 is 2.05 bits per heavy atom. The van der Waals surface area contributed by atoms with Crippen molar-refractivity contribution in [2.75, 3.05) is 32.9 Å². The lowest BCUT2D eigenvalue weighted by molar-refractivity contribution is -0.130. The van der Waals surface area contributed by atoms with Crippen LogP contribution in [-0.4, -0.2) is 61.0 Å². The summed E-state index contributed by atoms with van der Waals surface area (Å²) >= 11 is 0. The largest absolute Gasteiger partial charge is 0.394 e. The number of aliphatic hydroxyl groups excluding tert-OH is 2. The highest BCUT2D eigenvalue weighted by atomic mass is 16.5. The van der Waals surface area contributed by atoms with Crippen LogP contribution < -0.4 is 10.6 Å². The lowest BCUT2D eigenvalue weighted by Crippen LogP contribution is -2.38. The summed E-state index contributed by atoms with van der Waals surface area (Å²) in [5.41, 5.74) is 0. The van der Waals surface area contributed by atoms with E-state index in [1.165, 1.54) is 0 Å². The first-order valence-corrected chi connectivity index (χ1v) is 7.03. The Morgan fingerprint density at radius 1 is 1.33 bits per heavy atom. The Labute approximate surface area is 125 Å². The number of carbonyl (C=O) groups is 2. The SMILES string of the molecule is C=CCC(CC(=O)NCCOCCO)C(=O)NCC(C)O. The van der Waals surface area contributed by atoms with Crippen LogP contribution in [0.5, 0.6) is 0 Å². The molecular weight excluding hydrogens is 276 g/mol. The van der Waals surface area contributed by atoms with Crippen LogP contribution in [0.4, 0.5) is 0 Å². The molecule has 0 aliphatic heterocycles. The van der Waals surface area contributed by atoms with Gasteiger partial charge in [0.25, 0.3) is 0 Å². The second-order valence-corrected chi connectivity index (χ2v) is 4.71. The van der Waals surface area contributed by atoms with E-state index < -0.39 is 12.0 Å². The van der Waals surface area contributed by atoms with Crippen LogP contribution in [0.15, 0.2) is 12.7 Å². The molecule has 0 aliphatic rings. The van der Waals surface area contributed by atoms with Gasteiger partial charge in [0.1, 0.15) is 0 Å². The summed E-state index contributed by atoms with van der Waals surface area (Å²) in [5, 5.41) is 22.9. The standard InChI is InChI=1S/C14H26N2O5/c1-3-4-12(14(20)16-10-11(2)18)9-13(19)15-5-7-21-8-6-17/h3,11-12,17-18H,1,4-10H2,2H3,(H,15,19)(H,16,20). The van der Waals surface area contributed by atoms with Crippen LogP contribution >= 0.6 is 0 Å². The summed E-state index contributed by atoms with van der Waals surface area (Å²) in [6, 6.07) is 0. The molecule has 7 nitrogen and oxygen atoms in total. The number of ether oxygens (including phenoxy) is 1. The van der Waals surface area contributed by atoms with Crippen LogP contribution in [0.1, 0.15) is 19.8 Å². The molecule has 0 saturated heterocycles. The minimum atomic E-state index is -0.629. The van der Waals surface area contributed by atoms with Gasteiger partial charge in [0, 0.05) is 19.5 Å². The molecule has 0 fully saturated rings. The van der Waals surface area contributed by atoms with Gasteiger partial charge < -0.3 is 25.6 Å². The van der Waals surface area contributed by atoms with E-state index in [9.17, 15) is 9.59 Å². The van der Waals surface area contributed by atoms with Crippen molar-refractivity contribution in [1.29, 1.82) is 0 Å². The molecule has 2 atom stereocenters. The minimum Gasteiger partial charge on any atom is -0.394 e. The summed E-state index contributed by atoms with van der Waals surface area (Å²) in [4.78, 5) is 23.6. The number of carbonyl (C=O) groups excluding carboxylic acids is 2. The van der Waals surface area contributed by atoms with Gasteiger partial charge in [-0.25, -0.2) is 0 Å². The molecular formula is C14H26N2O5. The molecule has 21 heavy (non-hydrogen) atoms. The molecule has 0 aliphatic carbocycles. The van der Waals surface area contributed by atoms with Gasteiger partial charge in [0.05, 0.1) is 31.8 Å². The van der Waals surface area contributed by atoms with Crippen LogP contribution in [0.3, 0.4) is 0 Å². The van der Waals surface area contributed by atoms with Crippen molar-refractivity contribution in [3.8, 4) is 0 Å². The normalized spacial score (nSPS) is 13.3. The Balaban J connectivity index is 4.08. The summed E-state index contributed by atoms with van der Waals surface area (Å²) in [5.74, 6) is -1.02. The van der Waals surface area contributed by atoms with Gasteiger partial charge >= 0.3 is 0 Å². The second kappa shape index (κ2) is 12.3. The molecule has 0 spiro atoms. The molecule has 122 valence electrons. The Bertz CT molecular complexity index is 320. The minimum absolute atomic E-state index is 0.0532. The van der Waals surface area contributed by atoms with E-state index in [2.05, 4.69) is 17.2 Å². The Hall–Kier alpha value is -1.44. The Morgan fingerprint density at radius 3 is 2.62 bits per heavy atom. The third kappa shape index (κ3) is 10.9. The van der Waals surface area contributed by atoms with Crippen molar-refractivity contribution >= 4 is 11.8 Å². The number of allylic oxidation sites excluding steroid dienone is 1. The van der Waals surface area contributed by atoms with Gasteiger partial charge in [-0.15, -0.1) is 6.58 Å². The molecule has 2 amide bonds. The Kier molecular flexibility index (Phi) is 11.5. The summed E-state index contributed by atoms with van der Waals surface area (Å²) in [6.07, 6.45) is 1.40. The number of nitrogens with one attached hydrogen (secondary N) is 2. The van der Waals surface area contributed by atoms with Crippen LogP contribution in [-0.2, 0) is 14.3 Å². The van der Waals surface area contributed by atoms with E-state index in [-0.39, 0.29) is 38.0 Å². The molecule has 0 aromatic carbocycles. The predicted octanol–water partition coefficient (Wildman–Crippen LogP) is -0.809. The molecule has 4 N–H and O–H groups in total. The molecule has 0 aromatic rings. The van der Waals surface area contributed by atoms with Crippen molar-refractivity contribution in [3.05, 3.63) is 12.7 Å². The van der Waals surface area contributed by atoms with Gasteiger partial charge in [0.2, 0.25) is 11.8 Å². The maximum Gasteiger partial charge on any atom is 0.224 e. The molecule has 0 rings (SSSR count). The average Bonchev–Trinajstić information content (AvgIpc) is 2.44.